The summed E-state index contributed by atoms with van der Waals surface area (Å²) in [7, 11) is 1.77. The van der Waals surface area contributed by atoms with E-state index in [9.17, 15) is 0 Å². The summed E-state index contributed by atoms with van der Waals surface area (Å²) in [4.78, 5) is 9.82. The minimum absolute atomic E-state index is 0. The van der Waals surface area contributed by atoms with Crippen molar-refractivity contribution in [3.05, 3.63) is 51.5 Å². The molecule has 0 radical (unpaired) electrons. The van der Waals surface area contributed by atoms with E-state index in [0.29, 0.717) is 19.7 Å². The first-order valence-electron chi connectivity index (χ1n) is 8.12. The number of ether oxygens (including phenoxy) is 1. The third-order valence-corrected chi connectivity index (χ3v) is 4.25. The van der Waals surface area contributed by atoms with Crippen molar-refractivity contribution in [2.75, 3.05) is 7.05 Å². The van der Waals surface area contributed by atoms with Gasteiger partial charge in [-0.1, -0.05) is 24.3 Å². The molecule has 0 saturated carbocycles. The van der Waals surface area contributed by atoms with E-state index >= 15 is 0 Å². The molecule has 138 valence electrons. The van der Waals surface area contributed by atoms with Crippen LogP contribution in [-0.2, 0) is 24.4 Å². The van der Waals surface area contributed by atoms with Crippen molar-refractivity contribution in [1.29, 1.82) is 0 Å². The average molecular weight is 474 g/mol. The van der Waals surface area contributed by atoms with Crippen molar-refractivity contribution in [2.24, 2.45) is 4.99 Å². The molecule has 1 heterocycles. The van der Waals surface area contributed by atoms with Gasteiger partial charge >= 0.3 is 0 Å². The zero-order valence-corrected chi connectivity index (χ0v) is 18.4. The van der Waals surface area contributed by atoms with Crippen LogP contribution in [0.1, 0.15) is 34.9 Å². The molecule has 2 N–H and O–H groups in total. The number of thiazole rings is 1. The summed E-state index contributed by atoms with van der Waals surface area (Å²) in [5.41, 5.74) is 2.39. The molecule has 7 heteroatoms. The molecule has 0 aliphatic carbocycles. The predicted octanol–water partition coefficient (Wildman–Crippen LogP) is 3.86. The molecule has 0 fully saturated rings. The molecule has 2 rings (SSSR count). The number of rotatable bonds is 7. The van der Waals surface area contributed by atoms with Gasteiger partial charge in [0, 0.05) is 24.7 Å². The van der Waals surface area contributed by atoms with Crippen LogP contribution < -0.4 is 10.6 Å². The number of nitrogens with zero attached hydrogens (tertiary/aromatic N) is 2. The Morgan fingerprint density at radius 3 is 2.60 bits per heavy atom. The molecule has 5 nitrogen and oxygen atoms in total. The molecule has 2 aromatic rings. The van der Waals surface area contributed by atoms with E-state index in [4.69, 9.17) is 4.74 Å². The Kier molecular flexibility index (Phi) is 9.99. The first-order chi connectivity index (χ1) is 11.6. The van der Waals surface area contributed by atoms with Crippen LogP contribution >= 0.6 is 35.3 Å². The summed E-state index contributed by atoms with van der Waals surface area (Å²) >= 11 is 1.69. The minimum atomic E-state index is 0. The number of aliphatic imine (C=N–C) groups is 1. The van der Waals surface area contributed by atoms with Crippen LogP contribution in [0.25, 0.3) is 0 Å². The normalized spacial score (nSPS) is 11.3. The fourth-order valence-electron chi connectivity index (χ4n) is 2.14. The summed E-state index contributed by atoms with van der Waals surface area (Å²) in [6.07, 6.45) is 2.13. The molecular formula is C18H27IN4OS. The lowest BCUT2D eigenvalue weighted by molar-refractivity contribution is 0.0657. The molecule has 0 atom stereocenters. The van der Waals surface area contributed by atoms with Crippen LogP contribution in [0.15, 0.2) is 35.5 Å². The second-order valence-corrected chi connectivity index (χ2v) is 7.14. The van der Waals surface area contributed by atoms with Gasteiger partial charge in [-0.2, -0.15) is 0 Å². The lowest BCUT2D eigenvalue weighted by atomic mass is 10.1. The Morgan fingerprint density at radius 2 is 1.96 bits per heavy atom. The van der Waals surface area contributed by atoms with Crippen molar-refractivity contribution in [3.63, 3.8) is 0 Å². The number of halogens is 1. The van der Waals surface area contributed by atoms with E-state index in [-0.39, 0.29) is 30.1 Å². The Balaban J connectivity index is 0.00000312. The Hall–Kier alpha value is -1.19. The number of benzene rings is 1. The third kappa shape index (κ3) is 8.15. The third-order valence-electron chi connectivity index (χ3n) is 3.33. The van der Waals surface area contributed by atoms with Gasteiger partial charge in [0.05, 0.1) is 19.3 Å². The number of guanidine groups is 1. The monoisotopic (exact) mass is 474 g/mol. The highest BCUT2D eigenvalue weighted by Gasteiger charge is 2.03. The van der Waals surface area contributed by atoms with Gasteiger partial charge in [0.2, 0.25) is 0 Å². The van der Waals surface area contributed by atoms with Crippen LogP contribution in [0.2, 0.25) is 0 Å². The largest absolute Gasteiger partial charge is 0.374 e. The SMILES string of the molecule is CN=C(NCc1cccc(COC(C)C)c1)NCc1ncc(C)s1.I. The second kappa shape index (κ2) is 11.4. The topological polar surface area (TPSA) is 58.5 Å². The first-order valence-corrected chi connectivity index (χ1v) is 8.93. The molecule has 25 heavy (non-hydrogen) atoms. The minimum Gasteiger partial charge on any atom is -0.374 e. The highest BCUT2D eigenvalue weighted by molar-refractivity contribution is 14.0. The van der Waals surface area contributed by atoms with E-state index in [2.05, 4.69) is 51.8 Å². The zero-order valence-electron chi connectivity index (χ0n) is 15.2. The number of nitrogens with one attached hydrogen (secondary N) is 2. The predicted molar refractivity (Wildman–Crippen MR) is 116 cm³/mol. The lowest BCUT2D eigenvalue weighted by Gasteiger charge is -2.12. The summed E-state index contributed by atoms with van der Waals surface area (Å²) in [6.45, 7) is 8.19. The first kappa shape index (κ1) is 21.9. The fourth-order valence-corrected chi connectivity index (χ4v) is 2.87. The lowest BCUT2D eigenvalue weighted by Crippen LogP contribution is -2.36. The zero-order chi connectivity index (χ0) is 17.4. The van der Waals surface area contributed by atoms with Crippen LogP contribution in [0.3, 0.4) is 0 Å². The highest BCUT2D eigenvalue weighted by Crippen LogP contribution is 2.10. The number of aromatic nitrogens is 1. The van der Waals surface area contributed by atoms with Gasteiger partial charge in [-0.3, -0.25) is 4.99 Å². The van der Waals surface area contributed by atoms with E-state index in [1.165, 1.54) is 16.0 Å². The van der Waals surface area contributed by atoms with Crippen molar-refractivity contribution < 1.29 is 4.74 Å². The Labute approximate surface area is 171 Å². The average Bonchev–Trinajstić information content (AvgIpc) is 2.99. The fraction of sp³-hybridized carbons (Fsp3) is 0.444. The summed E-state index contributed by atoms with van der Waals surface area (Å²) < 4.78 is 5.66. The molecule has 0 aliphatic rings. The number of hydrogen-bond acceptors (Lipinski definition) is 4. The van der Waals surface area contributed by atoms with E-state index in [1.54, 1.807) is 18.4 Å². The molecule has 1 aromatic carbocycles. The molecule has 0 saturated heterocycles. The van der Waals surface area contributed by atoms with Gasteiger partial charge in [-0.05, 0) is 31.9 Å². The van der Waals surface area contributed by atoms with Gasteiger partial charge in [-0.25, -0.2) is 4.98 Å². The van der Waals surface area contributed by atoms with Crippen molar-refractivity contribution in [3.8, 4) is 0 Å². The van der Waals surface area contributed by atoms with E-state index < -0.39 is 0 Å². The molecular weight excluding hydrogens is 447 g/mol. The van der Waals surface area contributed by atoms with E-state index in [1.807, 2.05) is 20.0 Å². The van der Waals surface area contributed by atoms with Crippen molar-refractivity contribution in [2.45, 2.75) is 46.6 Å². The molecule has 1 aromatic heterocycles. The Bertz CT molecular complexity index is 673. The maximum atomic E-state index is 5.66. The Morgan fingerprint density at radius 1 is 1.24 bits per heavy atom. The van der Waals surface area contributed by atoms with Gasteiger partial charge in [0.1, 0.15) is 5.01 Å². The van der Waals surface area contributed by atoms with Crippen LogP contribution in [0.4, 0.5) is 0 Å². The molecule has 0 amide bonds. The maximum absolute atomic E-state index is 5.66. The second-order valence-electron chi connectivity index (χ2n) is 5.82. The van der Waals surface area contributed by atoms with Crippen molar-refractivity contribution >= 4 is 41.3 Å². The maximum Gasteiger partial charge on any atom is 0.191 e. The van der Waals surface area contributed by atoms with Crippen molar-refractivity contribution in [1.82, 2.24) is 15.6 Å². The summed E-state index contributed by atoms with van der Waals surface area (Å²) in [5, 5.41) is 7.67. The number of aryl methyl sites for hydroxylation is 1. The molecule has 0 bridgehead atoms. The molecule has 0 aliphatic heterocycles. The summed E-state index contributed by atoms with van der Waals surface area (Å²) in [5.74, 6) is 0.770. The van der Waals surface area contributed by atoms with Gasteiger partial charge < -0.3 is 15.4 Å². The molecule has 0 unspecified atom stereocenters. The highest BCUT2D eigenvalue weighted by atomic mass is 127. The van der Waals surface area contributed by atoms with Gasteiger partial charge in [0.25, 0.3) is 0 Å². The van der Waals surface area contributed by atoms with E-state index in [0.717, 1.165) is 11.0 Å². The van der Waals surface area contributed by atoms with Crippen LogP contribution in [0.5, 0.6) is 0 Å². The smallest absolute Gasteiger partial charge is 0.191 e. The molecule has 0 spiro atoms. The van der Waals surface area contributed by atoms with Gasteiger partial charge in [0.15, 0.2) is 5.96 Å². The van der Waals surface area contributed by atoms with Crippen LogP contribution in [-0.4, -0.2) is 24.1 Å². The summed E-state index contributed by atoms with van der Waals surface area (Å²) in [6, 6.07) is 8.41. The quantitative estimate of drug-likeness (QED) is 0.364. The number of hydrogen-bond donors (Lipinski definition) is 2. The van der Waals surface area contributed by atoms with Gasteiger partial charge in [-0.15, -0.1) is 35.3 Å². The van der Waals surface area contributed by atoms with Crippen LogP contribution in [0, 0.1) is 6.92 Å². The standard InChI is InChI=1S/C18H26N4OS.HI/c1-13(2)23-12-16-7-5-6-15(8-16)10-21-18(19-4)22-11-17-20-9-14(3)24-17;/h5-9,13H,10-12H2,1-4H3,(H2,19,21,22);1H.